The number of ether oxygens (including phenoxy) is 3. The molecule has 0 saturated heterocycles. The molecule has 8 heteroatoms. The van der Waals surface area contributed by atoms with Gasteiger partial charge < -0.3 is 14.2 Å². The number of carbonyl (C=O) groups is 1. The Hall–Kier alpha value is -3.16. The molecular weight excluding hydrogens is 370 g/mol. The lowest BCUT2D eigenvalue weighted by Crippen LogP contribution is -2.25. The minimum atomic E-state index is -2.95. The lowest BCUT2D eigenvalue weighted by Gasteiger charge is -2.11. The van der Waals surface area contributed by atoms with Crippen LogP contribution in [0.4, 0.5) is 8.78 Å². The molecule has 0 spiro atoms. The second-order valence-electron chi connectivity index (χ2n) is 6.01. The molecule has 6 nitrogen and oxygen atoms in total. The number of halogens is 2. The predicted octanol–water partition coefficient (Wildman–Crippen LogP) is 3.83. The van der Waals surface area contributed by atoms with Gasteiger partial charge in [-0.15, -0.1) is 0 Å². The molecule has 2 rings (SSSR count). The van der Waals surface area contributed by atoms with E-state index in [0.717, 1.165) is 11.1 Å². The summed E-state index contributed by atoms with van der Waals surface area (Å²) in [5.74, 6) is 0.220. The summed E-state index contributed by atoms with van der Waals surface area (Å²) < 4.78 is 39.6. The molecule has 0 atom stereocenters. The average Bonchev–Trinajstić information content (AvgIpc) is 2.66. The quantitative estimate of drug-likeness (QED) is 0.548. The fourth-order valence-corrected chi connectivity index (χ4v) is 2.28. The number of carbonyl (C=O) groups excluding carboxylic acids is 1. The molecule has 0 aliphatic carbocycles. The van der Waals surface area contributed by atoms with Crippen molar-refractivity contribution in [1.82, 2.24) is 5.43 Å². The minimum absolute atomic E-state index is 0.0834. The number of alkyl halides is 2. The van der Waals surface area contributed by atoms with E-state index in [0.29, 0.717) is 17.0 Å². The summed E-state index contributed by atoms with van der Waals surface area (Å²) in [6.07, 6.45) is 0. The lowest BCUT2D eigenvalue weighted by molar-refractivity contribution is -0.123. The number of amides is 1. The number of rotatable bonds is 8. The molecule has 0 aliphatic rings. The average molecular weight is 392 g/mol. The van der Waals surface area contributed by atoms with Crippen LogP contribution in [0.15, 0.2) is 41.5 Å². The molecule has 2 aromatic carbocycles. The molecular formula is C20H22F2N2O4. The molecule has 1 N–H and O–H groups in total. The van der Waals surface area contributed by atoms with Crippen molar-refractivity contribution in [2.75, 3.05) is 13.7 Å². The van der Waals surface area contributed by atoms with Crippen molar-refractivity contribution >= 4 is 11.6 Å². The van der Waals surface area contributed by atoms with Crippen molar-refractivity contribution in [3.8, 4) is 17.2 Å². The molecule has 28 heavy (non-hydrogen) atoms. The molecule has 0 aromatic heterocycles. The first-order valence-electron chi connectivity index (χ1n) is 8.46. The zero-order valence-corrected chi connectivity index (χ0v) is 16.1. The number of nitrogens with zero attached hydrogens (tertiary/aromatic N) is 1. The Bertz CT molecular complexity index is 869. The van der Waals surface area contributed by atoms with Crippen molar-refractivity contribution < 1.29 is 27.8 Å². The highest BCUT2D eigenvalue weighted by Crippen LogP contribution is 2.29. The number of hydrogen-bond donors (Lipinski definition) is 1. The van der Waals surface area contributed by atoms with Gasteiger partial charge in [0.2, 0.25) is 0 Å². The summed E-state index contributed by atoms with van der Waals surface area (Å²) in [6.45, 7) is 2.47. The highest BCUT2D eigenvalue weighted by molar-refractivity contribution is 5.99. The highest BCUT2D eigenvalue weighted by Gasteiger charge is 2.12. The molecule has 0 heterocycles. The summed E-state index contributed by atoms with van der Waals surface area (Å²) in [5, 5.41) is 4.00. The molecule has 150 valence electrons. The molecule has 0 radical (unpaired) electrons. The van der Waals surface area contributed by atoms with Crippen LogP contribution in [0.2, 0.25) is 0 Å². The Morgan fingerprint density at radius 2 is 1.86 bits per heavy atom. The molecule has 1 amide bonds. The first-order valence-corrected chi connectivity index (χ1v) is 8.46. The van der Waals surface area contributed by atoms with Gasteiger partial charge in [0.05, 0.1) is 12.8 Å². The first kappa shape index (κ1) is 21.1. The van der Waals surface area contributed by atoms with Crippen LogP contribution < -0.4 is 19.6 Å². The Morgan fingerprint density at radius 3 is 2.50 bits per heavy atom. The predicted molar refractivity (Wildman–Crippen MR) is 101 cm³/mol. The molecule has 0 fully saturated rings. The topological polar surface area (TPSA) is 69.2 Å². The normalized spacial score (nSPS) is 11.3. The van der Waals surface area contributed by atoms with Gasteiger partial charge in [-0.25, -0.2) is 5.43 Å². The highest BCUT2D eigenvalue weighted by atomic mass is 19.3. The fourth-order valence-electron chi connectivity index (χ4n) is 2.28. The van der Waals surface area contributed by atoms with E-state index >= 15 is 0 Å². The molecule has 0 aliphatic heterocycles. The van der Waals surface area contributed by atoms with E-state index in [1.54, 1.807) is 13.0 Å². The van der Waals surface area contributed by atoms with Crippen LogP contribution in [0.1, 0.15) is 23.6 Å². The van der Waals surface area contributed by atoms with Crippen molar-refractivity contribution in [1.29, 1.82) is 0 Å². The summed E-state index contributed by atoms with van der Waals surface area (Å²) in [7, 11) is 1.34. The van der Waals surface area contributed by atoms with Gasteiger partial charge in [0.15, 0.2) is 18.1 Å². The molecule has 0 unspecified atom stereocenters. The maximum atomic E-state index is 12.4. The van der Waals surface area contributed by atoms with Crippen LogP contribution in [0.3, 0.4) is 0 Å². The van der Waals surface area contributed by atoms with Crippen LogP contribution in [-0.4, -0.2) is 31.9 Å². The number of aryl methyl sites for hydroxylation is 2. The van der Waals surface area contributed by atoms with Crippen molar-refractivity contribution in [2.45, 2.75) is 27.4 Å². The van der Waals surface area contributed by atoms with Gasteiger partial charge in [0, 0.05) is 5.56 Å². The van der Waals surface area contributed by atoms with E-state index in [1.165, 1.54) is 25.3 Å². The second-order valence-corrected chi connectivity index (χ2v) is 6.01. The van der Waals surface area contributed by atoms with E-state index in [4.69, 9.17) is 9.47 Å². The van der Waals surface area contributed by atoms with Gasteiger partial charge in [-0.1, -0.05) is 6.07 Å². The third kappa shape index (κ3) is 5.94. The minimum Gasteiger partial charge on any atom is -0.493 e. The molecule has 0 bridgehead atoms. The van der Waals surface area contributed by atoms with Gasteiger partial charge in [-0.05, 0) is 62.2 Å². The van der Waals surface area contributed by atoms with Crippen molar-refractivity contribution in [3.05, 3.63) is 53.1 Å². The third-order valence-corrected chi connectivity index (χ3v) is 3.99. The smallest absolute Gasteiger partial charge is 0.387 e. The maximum absolute atomic E-state index is 12.4. The van der Waals surface area contributed by atoms with Crippen LogP contribution in [0.5, 0.6) is 17.2 Å². The molecule has 2 aromatic rings. The van der Waals surface area contributed by atoms with Gasteiger partial charge in [0.1, 0.15) is 5.75 Å². The largest absolute Gasteiger partial charge is 0.493 e. The summed E-state index contributed by atoms with van der Waals surface area (Å²) in [6, 6.07) is 9.95. The number of methoxy groups -OCH3 is 1. The number of benzene rings is 2. The monoisotopic (exact) mass is 392 g/mol. The zero-order valence-electron chi connectivity index (χ0n) is 16.1. The SMILES string of the molecule is COc1cc(/C(C)=N\NC(=O)COc2ccc(C)c(C)c2)ccc1OC(F)F. The first-order chi connectivity index (χ1) is 13.3. The number of hydrazone groups is 1. The fraction of sp³-hybridized carbons (Fsp3) is 0.300. The van der Waals surface area contributed by atoms with E-state index < -0.39 is 12.5 Å². The van der Waals surface area contributed by atoms with E-state index in [9.17, 15) is 13.6 Å². The van der Waals surface area contributed by atoms with Gasteiger partial charge in [-0.2, -0.15) is 13.9 Å². The molecule has 0 saturated carbocycles. The van der Waals surface area contributed by atoms with Crippen LogP contribution >= 0.6 is 0 Å². The third-order valence-electron chi connectivity index (χ3n) is 3.99. The van der Waals surface area contributed by atoms with E-state index in [1.807, 2.05) is 26.0 Å². The second kappa shape index (κ2) is 9.68. The zero-order chi connectivity index (χ0) is 20.7. The summed E-state index contributed by atoms with van der Waals surface area (Å²) in [5.41, 5.74) is 5.64. The number of hydrogen-bond acceptors (Lipinski definition) is 5. The lowest BCUT2D eigenvalue weighted by atomic mass is 10.1. The summed E-state index contributed by atoms with van der Waals surface area (Å²) in [4.78, 5) is 11.9. The number of nitrogens with one attached hydrogen (secondary N) is 1. The van der Waals surface area contributed by atoms with Gasteiger partial charge >= 0.3 is 6.61 Å². The maximum Gasteiger partial charge on any atom is 0.387 e. The Labute approximate surface area is 162 Å². The van der Waals surface area contributed by atoms with Gasteiger partial charge in [-0.3, -0.25) is 4.79 Å². The Balaban J connectivity index is 1.97. The van der Waals surface area contributed by atoms with Crippen LogP contribution in [-0.2, 0) is 4.79 Å². The van der Waals surface area contributed by atoms with Crippen LogP contribution in [0, 0.1) is 13.8 Å². The van der Waals surface area contributed by atoms with Crippen molar-refractivity contribution in [2.24, 2.45) is 5.10 Å². The Kier molecular flexibility index (Phi) is 7.31. The standard InChI is InChI=1S/C20H22F2N2O4/c1-12-5-7-16(9-13(12)2)27-11-19(25)24-23-14(3)15-6-8-17(28-20(21)22)18(10-15)26-4/h5-10,20H,11H2,1-4H3,(H,24,25)/b23-14-. The van der Waals surface area contributed by atoms with Gasteiger partial charge in [0.25, 0.3) is 5.91 Å². The summed E-state index contributed by atoms with van der Waals surface area (Å²) >= 11 is 0. The Morgan fingerprint density at radius 1 is 1.11 bits per heavy atom. The van der Waals surface area contributed by atoms with E-state index in [2.05, 4.69) is 15.3 Å². The van der Waals surface area contributed by atoms with Crippen molar-refractivity contribution in [3.63, 3.8) is 0 Å². The van der Waals surface area contributed by atoms with Crippen LogP contribution in [0.25, 0.3) is 0 Å². The van der Waals surface area contributed by atoms with E-state index in [-0.39, 0.29) is 18.1 Å².